The first kappa shape index (κ1) is 23.4. The van der Waals surface area contributed by atoms with Crippen molar-refractivity contribution in [2.45, 2.75) is 39.8 Å². The average molecular weight is 388 g/mol. The Morgan fingerprint density at radius 3 is 2.64 bits per heavy atom. The van der Waals surface area contributed by atoms with Gasteiger partial charge < -0.3 is 20.9 Å². The normalized spacial score (nSPS) is 16.5. The van der Waals surface area contributed by atoms with Crippen molar-refractivity contribution in [3.63, 3.8) is 0 Å². The van der Waals surface area contributed by atoms with Crippen LogP contribution in [0.4, 0.5) is 15.9 Å². The summed E-state index contributed by atoms with van der Waals surface area (Å²) in [5, 5.41) is 13.8. The third-order valence-corrected chi connectivity index (χ3v) is 4.59. The quantitative estimate of drug-likeness (QED) is 0.562. The van der Waals surface area contributed by atoms with Gasteiger partial charge >= 0.3 is 0 Å². The van der Waals surface area contributed by atoms with Crippen LogP contribution in [0.5, 0.6) is 0 Å². The van der Waals surface area contributed by atoms with Crippen LogP contribution >= 0.6 is 0 Å². The monoisotopic (exact) mass is 387 g/mol. The first-order valence-electron chi connectivity index (χ1n) is 9.72. The summed E-state index contributed by atoms with van der Waals surface area (Å²) in [6.45, 7) is 15.8. The molecule has 1 atom stereocenters. The number of hydrogen-bond donors (Lipinski definition) is 3. The Morgan fingerprint density at radius 2 is 2.21 bits per heavy atom. The molecule has 1 aliphatic heterocycles. The smallest absolute Gasteiger partial charge is 0.135 e. The van der Waals surface area contributed by atoms with Crippen molar-refractivity contribution >= 4 is 29.4 Å². The minimum Gasteiger partial charge on any atom is -0.384 e. The van der Waals surface area contributed by atoms with Crippen LogP contribution in [0.2, 0.25) is 0 Å². The molecule has 0 spiro atoms. The van der Waals surface area contributed by atoms with Crippen LogP contribution in [-0.4, -0.2) is 49.0 Å². The van der Waals surface area contributed by atoms with Crippen molar-refractivity contribution < 1.29 is 4.39 Å². The van der Waals surface area contributed by atoms with Crippen LogP contribution in [0.15, 0.2) is 31.1 Å². The SMILES string of the molecule is C=C(C)N1CCCC(F)C1.C=Cc1c(NC)ncc(/C(C=N)=C\C)c1NCC. The molecule has 2 rings (SSSR count). The standard InChI is InChI=1S/C14H20N4.C8H14FN/c1-5-10(8-15)12-9-18-14(16-4)11(6-2)13(12)17-7-3;1-7(2)10-5-3-4-8(9)6-10/h5-6,8-9,15H,2,7H2,1,3-4H3,(H2,16,17,18);8H,1,3-6H2,2H3/b10-5-,15-8?;. The number of allylic oxidation sites excluding steroid dienone is 3. The topological polar surface area (TPSA) is 64.0 Å². The Balaban J connectivity index is 0.000000330. The van der Waals surface area contributed by atoms with Gasteiger partial charge in [0, 0.05) is 55.9 Å². The van der Waals surface area contributed by atoms with Crippen molar-refractivity contribution in [3.05, 3.63) is 42.3 Å². The predicted octanol–water partition coefficient (Wildman–Crippen LogP) is 5.20. The number of anilines is 2. The lowest BCUT2D eigenvalue weighted by Crippen LogP contribution is -2.34. The number of rotatable bonds is 7. The number of likely N-dealkylation sites (tertiary alicyclic amines) is 1. The van der Waals surface area contributed by atoms with Gasteiger partial charge in [0.05, 0.1) is 5.69 Å². The number of alkyl halides is 1. The van der Waals surface area contributed by atoms with Gasteiger partial charge in [-0.3, -0.25) is 0 Å². The average Bonchev–Trinajstić information content (AvgIpc) is 2.70. The van der Waals surface area contributed by atoms with E-state index < -0.39 is 6.17 Å². The molecule has 28 heavy (non-hydrogen) atoms. The Hall–Kier alpha value is -2.63. The highest BCUT2D eigenvalue weighted by Crippen LogP contribution is 2.31. The second kappa shape index (κ2) is 12.0. The Bertz CT molecular complexity index is 711. The summed E-state index contributed by atoms with van der Waals surface area (Å²) in [5.74, 6) is 0.783. The van der Waals surface area contributed by atoms with Gasteiger partial charge in [-0.15, -0.1) is 0 Å². The molecule has 0 bridgehead atoms. The van der Waals surface area contributed by atoms with Crippen molar-refractivity contribution in [2.75, 3.05) is 37.3 Å². The van der Waals surface area contributed by atoms with Gasteiger partial charge in [-0.05, 0) is 39.2 Å². The maximum absolute atomic E-state index is 12.7. The molecule has 1 saturated heterocycles. The molecular formula is C22H34FN5. The maximum atomic E-state index is 12.7. The van der Waals surface area contributed by atoms with Gasteiger partial charge in [-0.25, -0.2) is 9.37 Å². The van der Waals surface area contributed by atoms with E-state index in [-0.39, 0.29) is 0 Å². The predicted molar refractivity (Wildman–Crippen MR) is 121 cm³/mol. The summed E-state index contributed by atoms with van der Waals surface area (Å²) < 4.78 is 12.7. The molecule has 6 heteroatoms. The summed E-state index contributed by atoms with van der Waals surface area (Å²) in [4.78, 5) is 6.37. The zero-order chi connectivity index (χ0) is 21.1. The molecule has 1 aliphatic rings. The van der Waals surface area contributed by atoms with E-state index in [4.69, 9.17) is 5.41 Å². The molecule has 0 aromatic carbocycles. The number of hydrogen-bond acceptors (Lipinski definition) is 5. The summed E-state index contributed by atoms with van der Waals surface area (Å²) in [5.41, 5.74) is 4.64. The molecule has 0 aliphatic carbocycles. The lowest BCUT2D eigenvalue weighted by Gasteiger charge is -2.30. The Morgan fingerprint density at radius 1 is 1.50 bits per heavy atom. The highest BCUT2D eigenvalue weighted by molar-refractivity contribution is 6.11. The van der Waals surface area contributed by atoms with Crippen LogP contribution in [0, 0.1) is 5.41 Å². The summed E-state index contributed by atoms with van der Waals surface area (Å²) in [6.07, 6.45) is 7.85. The Kier molecular flexibility index (Phi) is 9.99. The van der Waals surface area contributed by atoms with Gasteiger partial charge in [0.25, 0.3) is 0 Å². The highest BCUT2D eigenvalue weighted by atomic mass is 19.1. The minimum absolute atomic E-state index is 0.551. The van der Waals surface area contributed by atoms with Crippen LogP contribution in [0.3, 0.4) is 0 Å². The van der Waals surface area contributed by atoms with Crippen molar-refractivity contribution in [1.82, 2.24) is 9.88 Å². The molecule has 1 aromatic heterocycles. The highest BCUT2D eigenvalue weighted by Gasteiger charge is 2.17. The zero-order valence-electron chi connectivity index (χ0n) is 17.6. The number of pyridine rings is 1. The van der Waals surface area contributed by atoms with E-state index in [2.05, 4.69) is 28.8 Å². The number of halogens is 1. The number of nitrogens with one attached hydrogen (secondary N) is 3. The molecule has 0 amide bonds. The summed E-state index contributed by atoms with van der Waals surface area (Å²) >= 11 is 0. The van der Waals surface area contributed by atoms with E-state index in [1.54, 1.807) is 12.3 Å². The van der Waals surface area contributed by atoms with Gasteiger partial charge in [0.1, 0.15) is 12.0 Å². The second-order valence-corrected chi connectivity index (χ2v) is 6.60. The molecular weight excluding hydrogens is 353 g/mol. The second-order valence-electron chi connectivity index (χ2n) is 6.60. The van der Waals surface area contributed by atoms with E-state index in [1.165, 1.54) is 6.21 Å². The lowest BCUT2D eigenvalue weighted by molar-refractivity contribution is 0.169. The molecule has 3 N–H and O–H groups in total. The first-order valence-corrected chi connectivity index (χ1v) is 9.72. The fourth-order valence-corrected chi connectivity index (χ4v) is 3.10. The zero-order valence-corrected chi connectivity index (χ0v) is 17.6. The van der Waals surface area contributed by atoms with Crippen LogP contribution in [-0.2, 0) is 0 Å². The van der Waals surface area contributed by atoms with E-state index in [0.717, 1.165) is 59.8 Å². The third kappa shape index (κ3) is 6.22. The van der Waals surface area contributed by atoms with Crippen LogP contribution in [0.25, 0.3) is 11.6 Å². The van der Waals surface area contributed by atoms with Gasteiger partial charge in [0.15, 0.2) is 0 Å². The number of aromatic nitrogens is 1. The molecule has 154 valence electrons. The summed E-state index contributed by atoms with van der Waals surface area (Å²) in [6, 6.07) is 0. The molecule has 1 unspecified atom stereocenters. The van der Waals surface area contributed by atoms with Gasteiger partial charge in [-0.2, -0.15) is 0 Å². The van der Waals surface area contributed by atoms with Crippen LogP contribution < -0.4 is 10.6 Å². The maximum Gasteiger partial charge on any atom is 0.135 e. The number of piperidine rings is 1. The summed E-state index contributed by atoms with van der Waals surface area (Å²) in [7, 11) is 1.83. The molecule has 1 fully saturated rings. The fourth-order valence-electron chi connectivity index (χ4n) is 3.10. The molecule has 5 nitrogen and oxygen atoms in total. The van der Waals surface area contributed by atoms with E-state index in [9.17, 15) is 4.39 Å². The van der Waals surface area contributed by atoms with Crippen LogP contribution in [0.1, 0.15) is 44.7 Å². The van der Waals surface area contributed by atoms with Gasteiger partial charge in [-0.1, -0.05) is 25.3 Å². The first-order chi connectivity index (χ1) is 13.4. The molecule has 0 saturated carbocycles. The molecule has 2 heterocycles. The Labute approximate surface area is 168 Å². The number of nitrogens with zero attached hydrogens (tertiary/aromatic N) is 2. The van der Waals surface area contributed by atoms with Crippen molar-refractivity contribution in [2.24, 2.45) is 0 Å². The third-order valence-electron chi connectivity index (χ3n) is 4.59. The lowest BCUT2D eigenvalue weighted by atomic mass is 10.0. The van der Waals surface area contributed by atoms with Gasteiger partial charge in [0.2, 0.25) is 0 Å². The fraction of sp³-hybridized carbons (Fsp3) is 0.455. The minimum atomic E-state index is -0.634. The van der Waals surface area contributed by atoms with Crippen molar-refractivity contribution in [3.8, 4) is 0 Å². The largest absolute Gasteiger partial charge is 0.384 e. The molecule has 0 radical (unpaired) electrons. The van der Waals surface area contributed by atoms with E-state index >= 15 is 0 Å². The van der Waals surface area contributed by atoms with E-state index in [0.29, 0.717) is 6.54 Å². The van der Waals surface area contributed by atoms with E-state index in [1.807, 2.05) is 38.8 Å². The molecule has 1 aromatic rings. The van der Waals surface area contributed by atoms with Crippen molar-refractivity contribution in [1.29, 1.82) is 5.41 Å².